The van der Waals surface area contributed by atoms with Crippen LogP contribution in [-0.4, -0.2) is 31.5 Å². The number of hydrogen-bond acceptors (Lipinski definition) is 6. The molecule has 0 aliphatic carbocycles. The molecule has 0 aliphatic rings. The van der Waals surface area contributed by atoms with Gasteiger partial charge in [0.1, 0.15) is 17.5 Å². The molecule has 0 atom stereocenters. The lowest BCUT2D eigenvalue weighted by Crippen LogP contribution is -2.18. The summed E-state index contributed by atoms with van der Waals surface area (Å²) in [6.07, 6.45) is 4.45. The van der Waals surface area contributed by atoms with Crippen molar-refractivity contribution < 1.29 is 0 Å². The number of nitrogens with one attached hydrogen (secondary N) is 1. The van der Waals surface area contributed by atoms with Crippen LogP contribution in [0.3, 0.4) is 0 Å². The highest BCUT2D eigenvalue weighted by Crippen LogP contribution is 2.21. The standard InChI is InChI=1S/C13H21N7/c1-13(2,3)12-17-10(14)9-11(18-12)15-5-4-7-20-8-6-16-19-20/h6,8-9H,4-5,7H2,1-3H3,(H3,14,15,17,18). The molecular weight excluding hydrogens is 254 g/mol. The molecule has 3 N–H and O–H groups in total. The molecule has 7 nitrogen and oxygen atoms in total. The summed E-state index contributed by atoms with van der Waals surface area (Å²) in [6, 6.07) is 1.75. The van der Waals surface area contributed by atoms with Crippen LogP contribution in [0.1, 0.15) is 33.0 Å². The van der Waals surface area contributed by atoms with Gasteiger partial charge in [0.15, 0.2) is 0 Å². The van der Waals surface area contributed by atoms with E-state index in [1.807, 2.05) is 6.20 Å². The normalized spacial score (nSPS) is 11.6. The molecule has 0 fully saturated rings. The van der Waals surface area contributed by atoms with Gasteiger partial charge in [-0.1, -0.05) is 26.0 Å². The Morgan fingerprint density at radius 3 is 2.75 bits per heavy atom. The Hall–Kier alpha value is -2.18. The first-order chi connectivity index (χ1) is 9.45. The molecule has 0 unspecified atom stereocenters. The molecule has 20 heavy (non-hydrogen) atoms. The fraction of sp³-hybridized carbons (Fsp3) is 0.538. The second-order valence-corrected chi connectivity index (χ2v) is 5.70. The van der Waals surface area contributed by atoms with Crippen molar-refractivity contribution >= 4 is 11.6 Å². The number of aromatic nitrogens is 5. The van der Waals surface area contributed by atoms with Crippen molar-refractivity contribution in [2.75, 3.05) is 17.6 Å². The van der Waals surface area contributed by atoms with Gasteiger partial charge in [0.2, 0.25) is 0 Å². The first kappa shape index (κ1) is 14.2. The third-order valence-electron chi connectivity index (χ3n) is 2.76. The summed E-state index contributed by atoms with van der Waals surface area (Å²) in [5.74, 6) is 2.00. The topological polar surface area (TPSA) is 94.5 Å². The van der Waals surface area contributed by atoms with Crippen molar-refractivity contribution in [2.24, 2.45) is 0 Å². The van der Waals surface area contributed by atoms with Gasteiger partial charge < -0.3 is 11.1 Å². The van der Waals surface area contributed by atoms with E-state index in [1.165, 1.54) is 0 Å². The maximum absolute atomic E-state index is 5.82. The minimum Gasteiger partial charge on any atom is -0.384 e. The van der Waals surface area contributed by atoms with Gasteiger partial charge in [0.25, 0.3) is 0 Å². The van der Waals surface area contributed by atoms with Crippen LogP contribution in [0.2, 0.25) is 0 Å². The molecule has 2 aromatic heterocycles. The lowest BCUT2D eigenvalue weighted by Gasteiger charge is -2.18. The number of anilines is 2. The molecule has 0 saturated heterocycles. The van der Waals surface area contributed by atoms with E-state index in [0.717, 1.165) is 31.2 Å². The van der Waals surface area contributed by atoms with Gasteiger partial charge in [-0.15, -0.1) is 5.10 Å². The molecule has 108 valence electrons. The number of hydrogen-bond donors (Lipinski definition) is 2. The van der Waals surface area contributed by atoms with Crippen molar-refractivity contribution in [3.8, 4) is 0 Å². The van der Waals surface area contributed by atoms with E-state index in [1.54, 1.807) is 16.9 Å². The molecule has 2 aromatic rings. The zero-order valence-corrected chi connectivity index (χ0v) is 12.2. The molecule has 0 radical (unpaired) electrons. The number of nitrogens with zero attached hydrogens (tertiary/aromatic N) is 5. The van der Waals surface area contributed by atoms with Gasteiger partial charge in [0.05, 0.1) is 6.20 Å². The number of rotatable bonds is 5. The largest absolute Gasteiger partial charge is 0.384 e. The first-order valence-corrected chi connectivity index (χ1v) is 6.68. The van der Waals surface area contributed by atoms with Crippen LogP contribution in [-0.2, 0) is 12.0 Å². The van der Waals surface area contributed by atoms with Gasteiger partial charge in [0, 0.05) is 30.8 Å². The zero-order chi connectivity index (χ0) is 14.6. The van der Waals surface area contributed by atoms with Gasteiger partial charge >= 0.3 is 0 Å². The summed E-state index contributed by atoms with van der Waals surface area (Å²) >= 11 is 0. The number of nitrogen functional groups attached to an aromatic ring is 1. The Kier molecular flexibility index (Phi) is 4.16. The summed E-state index contributed by atoms with van der Waals surface area (Å²) in [4.78, 5) is 8.78. The van der Waals surface area contributed by atoms with Crippen LogP contribution in [0.15, 0.2) is 18.5 Å². The maximum Gasteiger partial charge on any atom is 0.138 e. The van der Waals surface area contributed by atoms with Crippen molar-refractivity contribution in [1.29, 1.82) is 0 Å². The summed E-state index contributed by atoms with van der Waals surface area (Å²) < 4.78 is 1.80. The highest BCUT2D eigenvalue weighted by Gasteiger charge is 2.18. The van der Waals surface area contributed by atoms with E-state index < -0.39 is 0 Å². The van der Waals surface area contributed by atoms with E-state index in [4.69, 9.17) is 5.73 Å². The van der Waals surface area contributed by atoms with E-state index in [9.17, 15) is 0 Å². The van der Waals surface area contributed by atoms with Crippen molar-refractivity contribution in [2.45, 2.75) is 39.2 Å². The number of aryl methyl sites for hydroxylation is 1. The Labute approximate surface area is 118 Å². The predicted octanol–water partition coefficient (Wildman–Crippen LogP) is 1.45. The van der Waals surface area contributed by atoms with Gasteiger partial charge in [-0.05, 0) is 6.42 Å². The maximum atomic E-state index is 5.82. The van der Waals surface area contributed by atoms with Gasteiger partial charge in [-0.2, -0.15) is 0 Å². The third-order valence-corrected chi connectivity index (χ3v) is 2.76. The predicted molar refractivity (Wildman–Crippen MR) is 78.3 cm³/mol. The second-order valence-electron chi connectivity index (χ2n) is 5.70. The summed E-state index contributed by atoms with van der Waals surface area (Å²) in [7, 11) is 0. The van der Waals surface area contributed by atoms with Crippen LogP contribution in [0, 0.1) is 0 Å². The number of nitrogens with two attached hydrogens (primary N) is 1. The lowest BCUT2D eigenvalue weighted by molar-refractivity contribution is 0.546. The van der Waals surface area contributed by atoms with Gasteiger partial charge in [-0.25, -0.2) is 9.97 Å². The average molecular weight is 275 g/mol. The summed E-state index contributed by atoms with van der Waals surface area (Å²) in [5.41, 5.74) is 5.71. The Balaban J connectivity index is 1.91. The van der Waals surface area contributed by atoms with E-state index in [-0.39, 0.29) is 5.41 Å². The van der Waals surface area contributed by atoms with Gasteiger partial charge in [-0.3, -0.25) is 4.68 Å². The second kappa shape index (κ2) is 5.85. The SMILES string of the molecule is CC(C)(C)c1nc(N)cc(NCCCn2ccnn2)n1. The molecule has 0 bridgehead atoms. The smallest absolute Gasteiger partial charge is 0.138 e. The molecule has 2 heterocycles. The highest BCUT2D eigenvalue weighted by molar-refractivity contribution is 5.45. The first-order valence-electron chi connectivity index (χ1n) is 6.68. The lowest BCUT2D eigenvalue weighted by atomic mass is 9.96. The van der Waals surface area contributed by atoms with E-state index >= 15 is 0 Å². The molecule has 7 heteroatoms. The van der Waals surface area contributed by atoms with Crippen LogP contribution >= 0.6 is 0 Å². The highest BCUT2D eigenvalue weighted by atomic mass is 15.4. The van der Waals surface area contributed by atoms with Crippen LogP contribution in [0.25, 0.3) is 0 Å². The fourth-order valence-electron chi connectivity index (χ4n) is 1.70. The van der Waals surface area contributed by atoms with E-state index in [0.29, 0.717) is 5.82 Å². The third kappa shape index (κ3) is 3.91. The molecule has 2 rings (SSSR count). The molecule has 0 amide bonds. The Bertz CT molecular complexity index is 542. The zero-order valence-electron chi connectivity index (χ0n) is 12.2. The Morgan fingerprint density at radius 2 is 2.10 bits per heavy atom. The van der Waals surface area contributed by atoms with Crippen molar-refractivity contribution in [1.82, 2.24) is 25.0 Å². The van der Waals surface area contributed by atoms with E-state index in [2.05, 4.69) is 46.4 Å². The fourth-order valence-corrected chi connectivity index (χ4v) is 1.70. The van der Waals surface area contributed by atoms with Crippen LogP contribution < -0.4 is 11.1 Å². The summed E-state index contributed by atoms with van der Waals surface area (Å²) in [5, 5.41) is 10.9. The molecule has 0 saturated carbocycles. The van der Waals surface area contributed by atoms with Crippen molar-refractivity contribution in [3.63, 3.8) is 0 Å². The quantitative estimate of drug-likeness (QED) is 0.802. The molecule has 0 aliphatic heterocycles. The summed E-state index contributed by atoms with van der Waals surface area (Å²) in [6.45, 7) is 7.81. The minimum atomic E-state index is -0.119. The molecule has 0 aromatic carbocycles. The average Bonchev–Trinajstić information content (AvgIpc) is 2.86. The van der Waals surface area contributed by atoms with Crippen LogP contribution in [0.5, 0.6) is 0 Å². The molecule has 0 spiro atoms. The molecular formula is C13H21N7. The Morgan fingerprint density at radius 1 is 1.30 bits per heavy atom. The van der Waals surface area contributed by atoms with Crippen molar-refractivity contribution in [3.05, 3.63) is 24.3 Å². The van der Waals surface area contributed by atoms with Crippen LogP contribution in [0.4, 0.5) is 11.6 Å². The monoisotopic (exact) mass is 275 g/mol. The minimum absolute atomic E-state index is 0.119.